The zero-order valence-corrected chi connectivity index (χ0v) is 17.6. The lowest BCUT2D eigenvalue weighted by atomic mass is 10.1. The van der Waals surface area contributed by atoms with Gasteiger partial charge in [0.1, 0.15) is 5.75 Å². The molecule has 1 amide bonds. The van der Waals surface area contributed by atoms with Crippen molar-refractivity contribution in [1.29, 1.82) is 0 Å². The van der Waals surface area contributed by atoms with Gasteiger partial charge in [-0.15, -0.1) is 0 Å². The van der Waals surface area contributed by atoms with Crippen LogP contribution >= 0.6 is 11.6 Å². The molecule has 0 saturated carbocycles. The average molecular weight is 402 g/mol. The normalized spacial score (nSPS) is 14.5. The van der Waals surface area contributed by atoms with Crippen LogP contribution in [-0.2, 0) is 11.3 Å². The highest BCUT2D eigenvalue weighted by Crippen LogP contribution is 2.22. The molecule has 0 radical (unpaired) electrons. The van der Waals surface area contributed by atoms with Crippen molar-refractivity contribution in [2.75, 3.05) is 51.8 Å². The van der Waals surface area contributed by atoms with Crippen LogP contribution in [0.3, 0.4) is 0 Å². The molecule has 1 fully saturated rings. The third-order valence-electron chi connectivity index (χ3n) is 5.09. The maximum absolute atomic E-state index is 12.7. The van der Waals surface area contributed by atoms with Crippen molar-refractivity contribution < 1.29 is 9.53 Å². The minimum absolute atomic E-state index is 0.167. The van der Waals surface area contributed by atoms with E-state index in [1.165, 1.54) is 5.56 Å². The molecule has 0 atom stereocenters. The fourth-order valence-electron chi connectivity index (χ4n) is 3.60. The van der Waals surface area contributed by atoms with Gasteiger partial charge < -0.3 is 14.5 Å². The number of ether oxygens (including phenoxy) is 1. The molecule has 150 valence electrons. The lowest BCUT2D eigenvalue weighted by Gasteiger charge is -2.36. The molecule has 0 aliphatic carbocycles. The summed E-state index contributed by atoms with van der Waals surface area (Å²) in [5.74, 6) is 1.03. The van der Waals surface area contributed by atoms with E-state index in [0.29, 0.717) is 13.1 Å². The molecule has 5 nitrogen and oxygen atoms in total. The van der Waals surface area contributed by atoms with Gasteiger partial charge in [-0.25, -0.2) is 0 Å². The van der Waals surface area contributed by atoms with Crippen molar-refractivity contribution >= 4 is 23.2 Å². The number of hydrogen-bond acceptors (Lipinski definition) is 4. The largest absolute Gasteiger partial charge is 0.496 e. The third-order valence-corrected chi connectivity index (χ3v) is 5.32. The summed E-state index contributed by atoms with van der Waals surface area (Å²) >= 11 is 6.09. The topological polar surface area (TPSA) is 36.0 Å². The molecule has 2 aromatic carbocycles. The number of nitrogens with zero attached hydrogens (tertiary/aromatic N) is 3. The Labute approximate surface area is 172 Å². The highest BCUT2D eigenvalue weighted by atomic mass is 35.5. The first-order valence-corrected chi connectivity index (χ1v) is 9.94. The number of hydrogen-bond donors (Lipinski definition) is 0. The molecule has 1 saturated heterocycles. The Bertz CT molecular complexity index is 819. The van der Waals surface area contributed by atoms with E-state index in [1.807, 2.05) is 47.2 Å². The Hall–Kier alpha value is -2.24. The number of benzene rings is 2. The van der Waals surface area contributed by atoms with E-state index >= 15 is 0 Å². The fourth-order valence-corrected chi connectivity index (χ4v) is 3.78. The van der Waals surface area contributed by atoms with Crippen molar-refractivity contribution in [1.82, 2.24) is 9.80 Å². The van der Waals surface area contributed by atoms with Gasteiger partial charge in [0.05, 0.1) is 13.7 Å². The Balaban J connectivity index is 1.52. The number of piperazine rings is 1. The zero-order chi connectivity index (χ0) is 20.1. The van der Waals surface area contributed by atoms with Crippen LogP contribution in [0.1, 0.15) is 11.1 Å². The van der Waals surface area contributed by atoms with Crippen molar-refractivity contribution in [2.24, 2.45) is 0 Å². The Morgan fingerprint density at radius 2 is 1.89 bits per heavy atom. The zero-order valence-electron chi connectivity index (χ0n) is 16.8. The van der Waals surface area contributed by atoms with Gasteiger partial charge in [-0.3, -0.25) is 9.69 Å². The summed E-state index contributed by atoms with van der Waals surface area (Å²) in [6.45, 7) is 6.24. The van der Waals surface area contributed by atoms with Gasteiger partial charge in [0, 0.05) is 49.0 Å². The van der Waals surface area contributed by atoms with Crippen LogP contribution in [0.25, 0.3) is 0 Å². The van der Waals surface area contributed by atoms with Crippen LogP contribution < -0.4 is 9.64 Å². The second-order valence-electron chi connectivity index (χ2n) is 7.34. The van der Waals surface area contributed by atoms with Gasteiger partial charge in [0.25, 0.3) is 0 Å². The number of anilines is 1. The number of carbonyl (C=O) groups excluding carboxylic acids is 1. The molecule has 0 bridgehead atoms. The maximum atomic E-state index is 12.7. The molecule has 1 aliphatic rings. The van der Waals surface area contributed by atoms with Gasteiger partial charge in [-0.1, -0.05) is 35.4 Å². The molecule has 0 aromatic heterocycles. The maximum Gasteiger partial charge on any atom is 0.236 e. The van der Waals surface area contributed by atoms with Crippen molar-refractivity contribution in [3.63, 3.8) is 0 Å². The SMILES string of the molecule is COc1ccc(C)cc1CN(C)CC(=O)N1CCN(c2cccc(Cl)c2)CC1. The molecule has 0 unspecified atom stereocenters. The molecule has 3 rings (SSSR count). The first-order chi connectivity index (χ1) is 13.5. The van der Waals surface area contributed by atoms with Crippen LogP contribution in [0, 0.1) is 6.92 Å². The van der Waals surface area contributed by atoms with Gasteiger partial charge in [0.15, 0.2) is 0 Å². The van der Waals surface area contributed by atoms with Crippen LogP contribution in [0.5, 0.6) is 5.75 Å². The molecule has 1 aliphatic heterocycles. The third kappa shape index (κ3) is 5.18. The highest BCUT2D eigenvalue weighted by molar-refractivity contribution is 6.30. The number of aryl methyl sites for hydroxylation is 1. The fraction of sp³-hybridized carbons (Fsp3) is 0.409. The summed E-state index contributed by atoms with van der Waals surface area (Å²) in [7, 11) is 3.65. The second-order valence-corrected chi connectivity index (χ2v) is 7.77. The minimum Gasteiger partial charge on any atom is -0.496 e. The standard InChI is InChI=1S/C22H28ClN3O2/c1-17-7-8-21(28-3)18(13-17)15-24(2)16-22(27)26-11-9-25(10-12-26)20-6-4-5-19(23)14-20/h4-8,13-14H,9-12,15-16H2,1-3H3. The first kappa shape index (κ1) is 20.5. The number of likely N-dealkylation sites (N-methyl/N-ethyl adjacent to an activating group) is 1. The molecule has 2 aromatic rings. The smallest absolute Gasteiger partial charge is 0.236 e. The molecule has 0 spiro atoms. The van der Waals surface area contributed by atoms with E-state index in [-0.39, 0.29) is 5.91 Å². The van der Waals surface area contributed by atoms with Crippen LogP contribution in [-0.4, -0.2) is 62.6 Å². The number of amides is 1. The van der Waals surface area contributed by atoms with Crippen molar-refractivity contribution in [2.45, 2.75) is 13.5 Å². The summed E-state index contributed by atoms with van der Waals surface area (Å²) in [5.41, 5.74) is 3.40. The molecule has 1 heterocycles. The average Bonchev–Trinajstić information content (AvgIpc) is 2.68. The van der Waals surface area contributed by atoms with Crippen LogP contribution in [0.15, 0.2) is 42.5 Å². The molecule has 0 N–H and O–H groups in total. The van der Waals surface area contributed by atoms with Gasteiger partial charge in [-0.05, 0) is 38.2 Å². The summed E-state index contributed by atoms with van der Waals surface area (Å²) in [6.07, 6.45) is 0. The van der Waals surface area contributed by atoms with E-state index < -0.39 is 0 Å². The van der Waals surface area contributed by atoms with E-state index in [0.717, 1.165) is 48.2 Å². The Morgan fingerprint density at radius 3 is 2.57 bits per heavy atom. The predicted molar refractivity (Wildman–Crippen MR) is 114 cm³/mol. The number of rotatable bonds is 6. The molecular formula is C22H28ClN3O2. The number of carbonyl (C=O) groups is 1. The second kappa shape index (κ2) is 9.30. The van der Waals surface area contributed by atoms with Crippen LogP contribution in [0.2, 0.25) is 5.02 Å². The minimum atomic E-state index is 0.167. The van der Waals surface area contributed by atoms with Gasteiger partial charge in [-0.2, -0.15) is 0 Å². The first-order valence-electron chi connectivity index (χ1n) is 9.56. The lowest BCUT2D eigenvalue weighted by Crippen LogP contribution is -2.51. The van der Waals surface area contributed by atoms with Crippen molar-refractivity contribution in [3.05, 3.63) is 58.6 Å². The Kier molecular flexibility index (Phi) is 6.81. The summed E-state index contributed by atoms with van der Waals surface area (Å²) in [5, 5.41) is 0.740. The summed E-state index contributed by atoms with van der Waals surface area (Å²) < 4.78 is 5.45. The predicted octanol–water partition coefficient (Wildman–Crippen LogP) is 3.44. The van der Waals surface area contributed by atoms with Crippen LogP contribution in [0.4, 0.5) is 5.69 Å². The lowest BCUT2D eigenvalue weighted by molar-refractivity contribution is -0.132. The van der Waals surface area contributed by atoms with Gasteiger partial charge in [0.2, 0.25) is 5.91 Å². The molecule has 6 heteroatoms. The molecular weight excluding hydrogens is 374 g/mol. The van der Waals surface area contributed by atoms with E-state index in [4.69, 9.17) is 16.3 Å². The quantitative estimate of drug-likeness (QED) is 0.742. The number of halogens is 1. The van der Waals surface area contributed by atoms with E-state index in [9.17, 15) is 4.79 Å². The molecule has 28 heavy (non-hydrogen) atoms. The van der Waals surface area contributed by atoms with Gasteiger partial charge >= 0.3 is 0 Å². The monoisotopic (exact) mass is 401 g/mol. The van der Waals surface area contributed by atoms with E-state index in [1.54, 1.807) is 7.11 Å². The highest BCUT2D eigenvalue weighted by Gasteiger charge is 2.22. The number of methoxy groups -OCH3 is 1. The Morgan fingerprint density at radius 1 is 1.14 bits per heavy atom. The summed E-state index contributed by atoms with van der Waals surface area (Å²) in [6, 6.07) is 14.0. The van der Waals surface area contributed by atoms with Crippen molar-refractivity contribution in [3.8, 4) is 5.75 Å². The van der Waals surface area contributed by atoms with E-state index in [2.05, 4.69) is 24.0 Å². The summed E-state index contributed by atoms with van der Waals surface area (Å²) in [4.78, 5) is 19.0.